The molecule has 1 fully saturated rings. The van der Waals surface area contributed by atoms with Gasteiger partial charge in [0.25, 0.3) is 0 Å². The summed E-state index contributed by atoms with van der Waals surface area (Å²) < 4.78 is 10.6. The van der Waals surface area contributed by atoms with Gasteiger partial charge in [0.15, 0.2) is 0 Å². The molecule has 0 saturated carbocycles. The fourth-order valence-electron chi connectivity index (χ4n) is 1.77. The van der Waals surface area contributed by atoms with Crippen LogP contribution in [0.25, 0.3) is 0 Å². The number of carbonyl (C=O) groups excluding carboxylic acids is 1. The van der Waals surface area contributed by atoms with E-state index in [0.717, 1.165) is 5.56 Å². The lowest BCUT2D eigenvalue weighted by Gasteiger charge is -2.06. The van der Waals surface area contributed by atoms with Gasteiger partial charge in [-0.1, -0.05) is 26.0 Å². The predicted octanol–water partition coefficient (Wildman–Crippen LogP) is 3.10. The van der Waals surface area contributed by atoms with E-state index in [1.54, 1.807) is 0 Å². The van der Waals surface area contributed by atoms with Gasteiger partial charge in [-0.2, -0.15) is 0 Å². The minimum atomic E-state index is -0.177. The molecule has 1 aromatic carbocycles. The molecule has 0 bridgehead atoms. The van der Waals surface area contributed by atoms with Gasteiger partial charge in [0.05, 0.1) is 6.10 Å². The van der Waals surface area contributed by atoms with Gasteiger partial charge in [0, 0.05) is 6.42 Å². The molecule has 92 valence electrons. The van der Waals surface area contributed by atoms with E-state index >= 15 is 0 Å². The Morgan fingerprint density at radius 1 is 1.35 bits per heavy atom. The summed E-state index contributed by atoms with van der Waals surface area (Å²) in [4.78, 5) is 11.5. The van der Waals surface area contributed by atoms with Crippen molar-refractivity contribution in [3.63, 3.8) is 0 Å². The first-order chi connectivity index (χ1) is 8.06. The Hall–Kier alpha value is -1.35. The number of carbonyl (C=O) groups is 1. The molecule has 1 aliphatic heterocycles. The molecule has 0 spiro atoms. The van der Waals surface area contributed by atoms with Crippen molar-refractivity contribution in [3.8, 4) is 5.75 Å². The Bertz CT molecular complexity index is 394. The van der Waals surface area contributed by atoms with E-state index in [2.05, 4.69) is 0 Å². The predicted molar refractivity (Wildman–Crippen MR) is 64.8 cm³/mol. The molecule has 17 heavy (non-hydrogen) atoms. The van der Waals surface area contributed by atoms with E-state index in [-0.39, 0.29) is 12.1 Å². The molecular weight excluding hydrogens is 216 g/mol. The van der Waals surface area contributed by atoms with Crippen LogP contribution in [0.3, 0.4) is 0 Å². The molecule has 0 aromatic heterocycles. The molecule has 2 atom stereocenters. The number of hydrogen-bond acceptors (Lipinski definition) is 3. The van der Waals surface area contributed by atoms with Gasteiger partial charge >= 0.3 is 5.97 Å². The van der Waals surface area contributed by atoms with Gasteiger partial charge in [0.1, 0.15) is 11.9 Å². The molecule has 3 nitrogen and oxygen atoms in total. The van der Waals surface area contributed by atoms with Crippen LogP contribution in [0.15, 0.2) is 24.3 Å². The summed E-state index contributed by atoms with van der Waals surface area (Å²) in [6.07, 6.45) is 0.976. The maximum Gasteiger partial charge on any atom is 0.311 e. The highest BCUT2D eigenvalue weighted by Gasteiger charge is 2.35. The first kappa shape index (κ1) is 12.1. The fourth-order valence-corrected chi connectivity index (χ4v) is 1.77. The number of hydrogen-bond donors (Lipinski definition) is 0. The minimum absolute atomic E-state index is 0.177. The molecule has 1 aliphatic rings. The SMILES string of the molecule is CC(C)CC(=O)Oc1ccc(C2OC2C)cc1. The van der Waals surface area contributed by atoms with Crippen molar-refractivity contribution in [3.05, 3.63) is 29.8 Å². The fraction of sp³-hybridized carbons (Fsp3) is 0.500. The highest BCUT2D eigenvalue weighted by atomic mass is 16.6. The monoisotopic (exact) mass is 234 g/mol. The van der Waals surface area contributed by atoms with Crippen molar-refractivity contribution in [2.75, 3.05) is 0 Å². The van der Waals surface area contributed by atoms with Crippen LogP contribution in [-0.2, 0) is 9.53 Å². The van der Waals surface area contributed by atoms with Crippen LogP contribution in [0.5, 0.6) is 5.75 Å². The molecular formula is C14H18O3. The van der Waals surface area contributed by atoms with E-state index in [9.17, 15) is 4.79 Å². The normalized spacial score (nSPS) is 22.6. The Kier molecular flexibility index (Phi) is 3.48. The molecule has 1 aromatic rings. The van der Waals surface area contributed by atoms with Crippen LogP contribution in [0, 0.1) is 5.92 Å². The summed E-state index contributed by atoms with van der Waals surface area (Å²) in [5.41, 5.74) is 1.14. The van der Waals surface area contributed by atoms with Crippen LogP contribution in [0.4, 0.5) is 0 Å². The molecule has 2 rings (SSSR count). The lowest BCUT2D eigenvalue weighted by molar-refractivity contribution is -0.135. The summed E-state index contributed by atoms with van der Waals surface area (Å²) in [6.45, 7) is 6.04. The van der Waals surface area contributed by atoms with E-state index < -0.39 is 0 Å². The Morgan fingerprint density at radius 2 is 1.94 bits per heavy atom. The summed E-state index contributed by atoms with van der Waals surface area (Å²) in [5.74, 6) is 0.749. The highest BCUT2D eigenvalue weighted by Crippen LogP contribution is 2.38. The van der Waals surface area contributed by atoms with Crippen LogP contribution in [0.2, 0.25) is 0 Å². The van der Waals surface area contributed by atoms with Crippen LogP contribution < -0.4 is 4.74 Å². The Balaban J connectivity index is 1.92. The van der Waals surface area contributed by atoms with Gasteiger partial charge in [-0.3, -0.25) is 4.79 Å². The molecule has 3 heteroatoms. The van der Waals surface area contributed by atoms with Crippen molar-refractivity contribution in [1.82, 2.24) is 0 Å². The molecule has 0 amide bonds. The third-order valence-corrected chi connectivity index (χ3v) is 2.73. The molecule has 0 aliphatic carbocycles. The summed E-state index contributed by atoms with van der Waals surface area (Å²) in [7, 11) is 0. The number of ether oxygens (including phenoxy) is 2. The lowest BCUT2D eigenvalue weighted by atomic mass is 10.1. The summed E-state index contributed by atoms with van der Waals surface area (Å²) >= 11 is 0. The average Bonchev–Trinajstić information content (AvgIpc) is 2.95. The van der Waals surface area contributed by atoms with E-state index in [1.165, 1.54) is 0 Å². The van der Waals surface area contributed by atoms with Crippen LogP contribution >= 0.6 is 0 Å². The maximum atomic E-state index is 11.5. The second-order valence-electron chi connectivity index (χ2n) is 4.90. The Morgan fingerprint density at radius 3 is 2.41 bits per heavy atom. The molecule has 1 saturated heterocycles. The minimum Gasteiger partial charge on any atom is -0.427 e. The third kappa shape index (κ3) is 3.30. The van der Waals surface area contributed by atoms with E-state index in [1.807, 2.05) is 45.0 Å². The number of esters is 1. The second-order valence-corrected chi connectivity index (χ2v) is 4.90. The summed E-state index contributed by atoms with van der Waals surface area (Å²) in [6, 6.07) is 7.54. The van der Waals surface area contributed by atoms with Gasteiger partial charge in [-0.05, 0) is 30.5 Å². The zero-order chi connectivity index (χ0) is 12.4. The molecule has 1 heterocycles. The van der Waals surface area contributed by atoms with E-state index in [4.69, 9.17) is 9.47 Å². The Labute approximate surface area is 102 Å². The summed E-state index contributed by atoms with van der Waals surface area (Å²) in [5, 5.41) is 0. The number of epoxide rings is 1. The number of benzene rings is 1. The topological polar surface area (TPSA) is 38.8 Å². The van der Waals surface area contributed by atoms with Gasteiger partial charge in [0.2, 0.25) is 0 Å². The molecule has 2 unspecified atom stereocenters. The maximum absolute atomic E-state index is 11.5. The first-order valence-corrected chi connectivity index (χ1v) is 6.02. The molecule has 0 N–H and O–H groups in total. The zero-order valence-corrected chi connectivity index (χ0v) is 10.5. The lowest BCUT2D eigenvalue weighted by Crippen LogP contribution is -2.10. The van der Waals surface area contributed by atoms with Crippen molar-refractivity contribution < 1.29 is 14.3 Å². The largest absolute Gasteiger partial charge is 0.427 e. The smallest absolute Gasteiger partial charge is 0.311 e. The van der Waals surface area contributed by atoms with Crippen molar-refractivity contribution >= 4 is 5.97 Å². The second kappa shape index (κ2) is 4.88. The van der Waals surface area contributed by atoms with Gasteiger partial charge < -0.3 is 9.47 Å². The average molecular weight is 234 g/mol. The van der Waals surface area contributed by atoms with Gasteiger partial charge in [-0.25, -0.2) is 0 Å². The number of rotatable bonds is 4. The van der Waals surface area contributed by atoms with Gasteiger partial charge in [-0.15, -0.1) is 0 Å². The van der Waals surface area contributed by atoms with E-state index in [0.29, 0.717) is 24.2 Å². The zero-order valence-electron chi connectivity index (χ0n) is 10.5. The van der Waals surface area contributed by atoms with Crippen molar-refractivity contribution in [1.29, 1.82) is 0 Å². The standard InChI is InChI=1S/C14H18O3/c1-9(2)8-13(15)17-12-6-4-11(5-7-12)14-10(3)16-14/h4-7,9-10,14H,8H2,1-3H3. The van der Waals surface area contributed by atoms with Crippen LogP contribution in [-0.4, -0.2) is 12.1 Å². The van der Waals surface area contributed by atoms with Crippen molar-refractivity contribution in [2.45, 2.75) is 39.4 Å². The van der Waals surface area contributed by atoms with Crippen LogP contribution in [0.1, 0.15) is 38.9 Å². The third-order valence-electron chi connectivity index (χ3n) is 2.73. The molecule has 0 radical (unpaired) electrons. The highest BCUT2D eigenvalue weighted by molar-refractivity contribution is 5.72. The quantitative estimate of drug-likeness (QED) is 0.456. The first-order valence-electron chi connectivity index (χ1n) is 6.02. The van der Waals surface area contributed by atoms with Crippen molar-refractivity contribution in [2.24, 2.45) is 5.92 Å².